The van der Waals surface area contributed by atoms with Gasteiger partial charge in [0.15, 0.2) is 11.5 Å². The fraction of sp³-hybridized carbons (Fsp3) is 0.400. The first kappa shape index (κ1) is 16.7. The van der Waals surface area contributed by atoms with Crippen molar-refractivity contribution in [2.75, 3.05) is 37.9 Å². The molecule has 0 amide bonds. The molecule has 5 heteroatoms. The molecule has 0 radical (unpaired) electrons. The van der Waals surface area contributed by atoms with E-state index in [0.29, 0.717) is 6.79 Å². The first-order chi connectivity index (χ1) is 12.1. The Morgan fingerprint density at radius 3 is 2.48 bits per heavy atom. The summed E-state index contributed by atoms with van der Waals surface area (Å²) in [5, 5.41) is 0. The van der Waals surface area contributed by atoms with Crippen LogP contribution in [0.5, 0.6) is 11.5 Å². The van der Waals surface area contributed by atoms with Crippen molar-refractivity contribution in [2.24, 2.45) is 0 Å². The Bertz CT molecular complexity index is 786. The summed E-state index contributed by atoms with van der Waals surface area (Å²) in [7, 11) is 0. The molecular formula is C20H23BrN2O2. The summed E-state index contributed by atoms with van der Waals surface area (Å²) >= 11 is 3.67. The lowest BCUT2D eigenvalue weighted by molar-refractivity contribution is 0.174. The number of nitrogens with zero attached hydrogens (tertiary/aromatic N) is 2. The summed E-state index contributed by atoms with van der Waals surface area (Å²) in [5.41, 5.74) is 5.40. The molecule has 4 rings (SSSR count). The van der Waals surface area contributed by atoms with Gasteiger partial charge in [-0.25, -0.2) is 0 Å². The third kappa shape index (κ3) is 3.35. The van der Waals surface area contributed by atoms with E-state index in [1.807, 2.05) is 6.07 Å². The Labute approximate surface area is 157 Å². The SMILES string of the molecule is Cc1cccc(N2CCN(Cc3cc4c(cc3Br)OCO4)CC2)c1C. The Hall–Kier alpha value is -1.72. The molecule has 0 unspecified atom stereocenters. The van der Waals surface area contributed by atoms with Crippen LogP contribution in [0.3, 0.4) is 0 Å². The molecule has 0 bridgehead atoms. The number of fused-ring (bicyclic) bond motifs is 1. The molecule has 0 atom stereocenters. The zero-order chi connectivity index (χ0) is 17.4. The van der Waals surface area contributed by atoms with E-state index in [2.05, 4.69) is 63.8 Å². The summed E-state index contributed by atoms with van der Waals surface area (Å²) in [4.78, 5) is 5.01. The van der Waals surface area contributed by atoms with E-state index in [1.165, 1.54) is 22.4 Å². The smallest absolute Gasteiger partial charge is 0.231 e. The average Bonchev–Trinajstić information content (AvgIpc) is 3.05. The largest absolute Gasteiger partial charge is 0.454 e. The van der Waals surface area contributed by atoms with Crippen molar-refractivity contribution < 1.29 is 9.47 Å². The highest BCUT2D eigenvalue weighted by atomic mass is 79.9. The number of ether oxygens (including phenoxy) is 2. The summed E-state index contributed by atoms with van der Waals surface area (Å²) < 4.78 is 12.0. The first-order valence-corrected chi connectivity index (χ1v) is 9.52. The van der Waals surface area contributed by atoms with Crippen LogP contribution in [0.4, 0.5) is 5.69 Å². The predicted octanol–water partition coefficient (Wildman–Crippen LogP) is 4.12. The molecule has 0 saturated carbocycles. The second-order valence-corrected chi connectivity index (χ2v) is 7.63. The zero-order valence-electron chi connectivity index (χ0n) is 14.7. The van der Waals surface area contributed by atoms with Gasteiger partial charge in [0.1, 0.15) is 0 Å². The van der Waals surface area contributed by atoms with E-state index in [9.17, 15) is 0 Å². The molecular weight excluding hydrogens is 380 g/mol. The molecule has 2 aromatic carbocycles. The number of anilines is 1. The summed E-state index contributed by atoms with van der Waals surface area (Å²) in [6.45, 7) is 9.91. The molecule has 0 spiro atoms. The monoisotopic (exact) mass is 402 g/mol. The van der Waals surface area contributed by atoms with Crippen LogP contribution in [-0.2, 0) is 6.54 Å². The molecule has 1 fully saturated rings. The molecule has 2 aliphatic rings. The summed E-state index contributed by atoms with van der Waals surface area (Å²) in [5.74, 6) is 1.68. The van der Waals surface area contributed by atoms with E-state index in [4.69, 9.17) is 9.47 Å². The van der Waals surface area contributed by atoms with Crippen molar-refractivity contribution in [1.29, 1.82) is 0 Å². The quantitative estimate of drug-likeness (QED) is 0.770. The zero-order valence-corrected chi connectivity index (χ0v) is 16.3. The number of piperazine rings is 1. The van der Waals surface area contributed by atoms with Crippen molar-refractivity contribution in [2.45, 2.75) is 20.4 Å². The Balaban J connectivity index is 1.42. The third-order valence-corrected chi connectivity index (χ3v) is 5.96. The Morgan fingerprint density at radius 1 is 1.00 bits per heavy atom. The number of halogens is 1. The van der Waals surface area contributed by atoms with E-state index < -0.39 is 0 Å². The highest BCUT2D eigenvalue weighted by Gasteiger charge is 2.21. The summed E-state index contributed by atoms with van der Waals surface area (Å²) in [6, 6.07) is 10.7. The van der Waals surface area contributed by atoms with E-state index >= 15 is 0 Å². The van der Waals surface area contributed by atoms with Crippen molar-refractivity contribution in [3.05, 3.63) is 51.5 Å². The number of rotatable bonds is 3. The first-order valence-electron chi connectivity index (χ1n) is 8.73. The second-order valence-electron chi connectivity index (χ2n) is 6.78. The van der Waals surface area contributed by atoms with Crippen molar-refractivity contribution in [1.82, 2.24) is 4.90 Å². The van der Waals surface area contributed by atoms with Gasteiger partial charge in [-0.15, -0.1) is 0 Å². The molecule has 0 aliphatic carbocycles. The van der Waals surface area contributed by atoms with Gasteiger partial charge in [-0.1, -0.05) is 28.1 Å². The number of benzene rings is 2. The van der Waals surface area contributed by atoms with Crippen LogP contribution in [0.1, 0.15) is 16.7 Å². The molecule has 25 heavy (non-hydrogen) atoms. The van der Waals surface area contributed by atoms with E-state index in [1.54, 1.807) is 0 Å². The van der Waals surface area contributed by atoms with Gasteiger partial charge in [-0.2, -0.15) is 0 Å². The minimum Gasteiger partial charge on any atom is -0.454 e. The van der Waals surface area contributed by atoms with Crippen LogP contribution in [0.15, 0.2) is 34.8 Å². The van der Waals surface area contributed by atoms with Crippen LogP contribution in [0, 0.1) is 13.8 Å². The highest BCUT2D eigenvalue weighted by molar-refractivity contribution is 9.10. The van der Waals surface area contributed by atoms with Crippen LogP contribution >= 0.6 is 15.9 Å². The minimum absolute atomic E-state index is 0.319. The number of hydrogen-bond donors (Lipinski definition) is 0. The lowest BCUT2D eigenvalue weighted by Crippen LogP contribution is -2.46. The second kappa shape index (κ2) is 6.89. The van der Waals surface area contributed by atoms with Crippen molar-refractivity contribution >= 4 is 21.6 Å². The van der Waals surface area contributed by atoms with Gasteiger partial charge < -0.3 is 14.4 Å². The van der Waals surface area contributed by atoms with Crippen LogP contribution in [0.25, 0.3) is 0 Å². The molecule has 2 aromatic rings. The maximum absolute atomic E-state index is 5.51. The number of hydrogen-bond acceptors (Lipinski definition) is 4. The molecule has 4 nitrogen and oxygen atoms in total. The fourth-order valence-corrected chi connectivity index (χ4v) is 3.99. The molecule has 2 heterocycles. The van der Waals surface area contributed by atoms with Gasteiger partial charge in [0.25, 0.3) is 0 Å². The Kier molecular flexibility index (Phi) is 4.61. The minimum atomic E-state index is 0.319. The van der Waals surface area contributed by atoms with Gasteiger partial charge in [0, 0.05) is 42.9 Å². The normalized spacial score (nSPS) is 17.2. The van der Waals surface area contributed by atoms with Gasteiger partial charge in [-0.3, -0.25) is 4.90 Å². The maximum atomic E-state index is 5.51. The van der Waals surface area contributed by atoms with Crippen LogP contribution < -0.4 is 14.4 Å². The molecule has 2 aliphatic heterocycles. The van der Waals surface area contributed by atoms with Gasteiger partial charge >= 0.3 is 0 Å². The van der Waals surface area contributed by atoms with Gasteiger partial charge in [-0.05, 0) is 48.7 Å². The predicted molar refractivity (Wildman–Crippen MR) is 104 cm³/mol. The lowest BCUT2D eigenvalue weighted by Gasteiger charge is -2.37. The Morgan fingerprint density at radius 2 is 1.72 bits per heavy atom. The van der Waals surface area contributed by atoms with Gasteiger partial charge in [0.2, 0.25) is 6.79 Å². The highest BCUT2D eigenvalue weighted by Crippen LogP contribution is 2.37. The molecule has 1 saturated heterocycles. The fourth-order valence-electron chi connectivity index (χ4n) is 3.55. The molecule has 132 valence electrons. The molecule has 0 N–H and O–H groups in total. The number of aryl methyl sites for hydroxylation is 1. The van der Waals surface area contributed by atoms with Crippen LogP contribution in [-0.4, -0.2) is 37.9 Å². The maximum Gasteiger partial charge on any atom is 0.231 e. The van der Waals surface area contributed by atoms with Crippen molar-refractivity contribution in [3.63, 3.8) is 0 Å². The molecule has 0 aromatic heterocycles. The third-order valence-electron chi connectivity index (χ3n) is 5.22. The van der Waals surface area contributed by atoms with E-state index in [0.717, 1.165) is 48.7 Å². The standard InChI is InChI=1S/C20H23BrN2O2/c1-14-4-3-5-18(15(14)2)23-8-6-22(7-9-23)12-16-10-19-20(11-17(16)21)25-13-24-19/h3-5,10-11H,6-9,12-13H2,1-2H3. The topological polar surface area (TPSA) is 24.9 Å². The van der Waals surface area contributed by atoms with Crippen molar-refractivity contribution in [3.8, 4) is 11.5 Å². The van der Waals surface area contributed by atoms with E-state index in [-0.39, 0.29) is 0 Å². The summed E-state index contributed by atoms with van der Waals surface area (Å²) in [6.07, 6.45) is 0. The lowest BCUT2D eigenvalue weighted by atomic mass is 10.1. The van der Waals surface area contributed by atoms with Crippen LogP contribution in [0.2, 0.25) is 0 Å². The average molecular weight is 403 g/mol. The van der Waals surface area contributed by atoms with Gasteiger partial charge in [0.05, 0.1) is 0 Å².